The number of nitrogens with zero attached hydrogens (tertiary/aromatic N) is 2. The second-order valence-electron chi connectivity index (χ2n) is 7.36. The average molecular weight is 365 g/mol. The Morgan fingerprint density at radius 1 is 1.00 bits per heavy atom. The molecule has 1 aliphatic heterocycles. The number of nitrogens with one attached hydrogen (secondary N) is 2. The Bertz CT molecular complexity index is 701. The summed E-state index contributed by atoms with van der Waals surface area (Å²) in [5.41, 5.74) is 3.93. The van der Waals surface area contributed by atoms with Crippen LogP contribution in [0.3, 0.4) is 0 Å². The van der Waals surface area contributed by atoms with Crippen LogP contribution in [-0.2, 0) is 13.1 Å². The first-order valence-electron chi connectivity index (χ1n) is 10.1. The molecule has 27 heavy (non-hydrogen) atoms. The topological polar surface area (TPSA) is 39.7 Å². The third kappa shape index (κ3) is 6.40. The van der Waals surface area contributed by atoms with E-state index in [0.29, 0.717) is 12.6 Å². The zero-order valence-electron chi connectivity index (χ0n) is 16.6. The van der Waals surface area contributed by atoms with Crippen molar-refractivity contribution in [1.29, 1.82) is 0 Å². The summed E-state index contributed by atoms with van der Waals surface area (Å²) < 4.78 is 0. The van der Waals surface area contributed by atoms with Crippen LogP contribution < -0.4 is 10.6 Å². The van der Waals surface area contributed by atoms with Crippen molar-refractivity contribution in [1.82, 2.24) is 15.5 Å². The second kappa shape index (κ2) is 10.1. The van der Waals surface area contributed by atoms with E-state index < -0.39 is 0 Å². The van der Waals surface area contributed by atoms with E-state index in [4.69, 9.17) is 4.99 Å². The molecule has 4 heteroatoms. The van der Waals surface area contributed by atoms with Crippen LogP contribution in [-0.4, -0.2) is 36.5 Å². The third-order valence-corrected chi connectivity index (χ3v) is 5.06. The molecule has 1 fully saturated rings. The fourth-order valence-corrected chi connectivity index (χ4v) is 3.45. The molecule has 0 atom stereocenters. The zero-order valence-corrected chi connectivity index (χ0v) is 16.6. The number of aryl methyl sites for hydroxylation is 1. The number of benzene rings is 2. The SMILES string of the molecule is CCNC(=NCc1ccc(C)cc1)NC1CCN(Cc2ccccc2)CC1. The summed E-state index contributed by atoms with van der Waals surface area (Å²) in [6.45, 7) is 9.13. The van der Waals surface area contributed by atoms with Gasteiger partial charge in [-0.2, -0.15) is 0 Å². The molecular formula is C23H32N4. The van der Waals surface area contributed by atoms with Gasteiger partial charge in [-0.05, 0) is 37.8 Å². The molecule has 0 aliphatic carbocycles. The van der Waals surface area contributed by atoms with Gasteiger partial charge in [0, 0.05) is 32.2 Å². The highest BCUT2D eigenvalue weighted by Crippen LogP contribution is 2.14. The highest BCUT2D eigenvalue weighted by atomic mass is 15.2. The largest absolute Gasteiger partial charge is 0.357 e. The molecule has 1 saturated heterocycles. The minimum Gasteiger partial charge on any atom is -0.357 e. The molecular weight excluding hydrogens is 332 g/mol. The number of hydrogen-bond donors (Lipinski definition) is 2. The normalized spacial score (nSPS) is 16.3. The van der Waals surface area contributed by atoms with Gasteiger partial charge in [-0.15, -0.1) is 0 Å². The van der Waals surface area contributed by atoms with E-state index in [1.165, 1.54) is 16.7 Å². The fraction of sp³-hybridized carbons (Fsp3) is 0.435. The lowest BCUT2D eigenvalue weighted by Gasteiger charge is -2.33. The Morgan fingerprint density at radius 3 is 2.37 bits per heavy atom. The van der Waals surface area contributed by atoms with Gasteiger partial charge >= 0.3 is 0 Å². The first-order chi connectivity index (χ1) is 13.2. The van der Waals surface area contributed by atoms with Crippen LogP contribution in [0.4, 0.5) is 0 Å². The monoisotopic (exact) mass is 364 g/mol. The first-order valence-corrected chi connectivity index (χ1v) is 10.1. The van der Waals surface area contributed by atoms with Gasteiger partial charge < -0.3 is 10.6 Å². The van der Waals surface area contributed by atoms with Crippen molar-refractivity contribution in [2.45, 2.75) is 45.8 Å². The Morgan fingerprint density at radius 2 is 1.70 bits per heavy atom. The molecule has 0 aromatic heterocycles. The molecule has 2 aromatic rings. The maximum absolute atomic E-state index is 4.78. The van der Waals surface area contributed by atoms with Gasteiger partial charge in [0.2, 0.25) is 0 Å². The fourth-order valence-electron chi connectivity index (χ4n) is 3.45. The van der Waals surface area contributed by atoms with Gasteiger partial charge in [-0.1, -0.05) is 60.2 Å². The molecule has 4 nitrogen and oxygen atoms in total. The number of guanidine groups is 1. The smallest absolute Gasteiger partial charge is 0.191 e. The first kappa shape index (κ1) is 19.4. The maximum atomic E-state index is 4.78. The number of piperidine rings is 1. The van der Waals surface area contributed by atoms with E-state index >= 15 is 0 Å². The highest BCUT2D eigenvalue weighted by molar-refractivity contribution is 5.80. The van der Waals surface area contributed by atoms with Gasteiger partial charge in [0.1, 0.15) is 0 Å². The molecule has 0 radical (unpaired) electrons. The van der Waals surface area contributed by atoms with Gasteiger partial charge in [0.05, 0.1) is 6.54 Å². The lowest BCUT2D eigenvalue weighted by molar-refractivity contribution is 0.198. The summed E-state index contributed by atoms with van der Waals surface area (Å²) >= 11 is 0. The van der Waals surface area contributed by atoms with Crippen molar-refractivity contribution in [2.75, 3.05) is 19.6 Å². The molecule has 144 valence electrons. The zero-order chi connectivity index (χ0) is 18.9. The summed E-state index contributed by atoms with van der Waals surface area (Å²) in [6, 6.07) is 19.9. The van der Waals surface area contributed by atoms with E-state index in [-0.39, 0.29) is 0 Å². The summed E-state index contributed by atoms with van der Waals surface area (Å²) in [7, 11) is 0. The Balaban J connectivity index is 1.48. The summed E-state index contributed by atoms with van der Waals surface area (Å²) in [5.74, 6) is 0.930. The summed E-state index contributed by atoms with van der Waals surface area (Å²) in [4.78, 5) is 7.32. The van der Waals surface area contributed by atoms with Crippen LogP contribution in [0.15, 0.2) is 59.6 Å². The van der Waals surface area contributed by atoms with Crippen molar-refractivity contribution in [3.8, 4) is 0 Å². The van der Waals surface area contributed by atoms with Crippen molar-refractivity contribution < 1.29 is 0 Å². The number of rotatable bonds is 6. The van der Waals surface area contributed by atoms with Crippen molar-refractivity contribution in [3.05, 3.63) is 71.3 Å². The van der Waals surface area contributed by atoms with Crippen LogP contribution in [0.25, 0.3) is 0 Å². The average Bonchev–Trinajstić information content (AvgIpc) is 2.70. The van der Waals surface area contributed by atoms with Gasteiger partial charge in [0.15, 0.2) is 5.96 Å². The lowest BCUT2D eigenvalue weighted by atomic mass is 10.0. The van der Waals surface area contributed by atoms with E-state index in [2.05, 4.69) is 84.0 Å². The van der Waals surface area contributed by atoms with Crippen LogP contribution in [0.1, 0.15) is 36.5 Å². The molecule has 1 heterocycles. The molecule has 1 aliphatic rings. The number of aliphatic imine (C=N–C) groups is 1. The second-order valence-corrected chi connectivity index (χ2v) is 7.36. The molecule has 0 spiro atoms. The maximum Gasteiger partial charge on any atom is 0.191 e. The number of hydrogen-bond acceptors (Lipinski definition) is 2. The van der Waals surface area contributed by atoms with E-state index in [1.54, 1.807) is 0 Å². The quantitative estimate of drug-likeness (QED) is 0.606. The van der Waals surface area contributed by atoms with Crippen LogP contribution in [0.2, 0.25) is 0 Å². The molecule has 2 N–H and O–H groups in total. The van der Waals surface area contributed by atoms with E-state index in [1.807, 2.05) is 0 Å². The van der Waals surface area contributed by atoms with Crippen molar-refractivity contribution >= 4 is 5.96 Å². The van der Waals surface area contributed by atoms with Crippen LogP contribution in [0.5, 0.6) is 0 Å². The predicted octanol–water partition coefficient (Wildman–Crippen LogP) is 3.71. The summed E-state index contributed by atoms with van der Waals surface area (Å²) in [5, 5.41) is 7.02. The third-order valence-electron chi connectivity index (χ3n) is 5.06. The van der Waals surface area contributed by atoms with Gasteiger partial charge in [0.25, 0.3) is 0 Å². The minimum absolute atomic E-state index is 0.493. The molecule has 0 amide bonds. The summed E-state index contributed by atoms with van der Waals surface area (Å²) in [6.07, 6.45) is 2.31. The molecule has 2 aromatic carbocycles. The molecule has 3 rings (SSSR count). The minimum atomic E-state index is 0.493. The van der Waals surface area contributed by atoms with Gasteiger partial charge in [-0.25, -0.2) is 4.99 Å². The Labute approximate surface area is 163 Å². The van der Waals surface area contributed by atoms with Crippen molar-refractivity contribution in [2.24, 2.45) is 4.99 Å². The Hall–Kier alpha value is -2.33. The molecule has 0 unspecified atom stereocenters. The lowest BCUT2D eigenvalue weighted by Crippen LogP contribution is -2.48. The Kier molecular flexibility index (Phi) is 7.28. The van der Waals surface area contributed by atoms with Crippen LogP contribution in [0, 0.1) is 6.92 Å². The standard InChI is InChI=1S/C23H32N4/c1-3-24-23(25-17-20-11-9-19(2)10-12-20)26-22-13-15-27(16-14-22)18-21-7-5-4-6-8-21/h4-12,22H,3,13-18H2,1-2H3,(H2,24,25,26). The molecule has 0 saturated carbocycles. The van der Waals surface area contributed by atoms with Crippen LogP contribution >= 0.6 is 0 Å². The van der Waals surface area contributed by atoms with Gasteiger partial charge in [-0.3, -0.25) is 4.90 Å². The van der Waals surface area contributed by atoms with E-state index in [0.717, 1.165) is 45.0 Å². The van der Waals surface area contributed by atoms with E-state index in [9.17, 15) is 0 Å². The van der Waals surface area contributed by atoms with Crippen molar-refractivity contribution in [3.63, 3.8) is 0 Å². The predicted molar refractivity (Wildman–Crippen MR) is 114 cm³/mol. The highest BCUT2D eigenvalue weighted by Gasteiger charge is 2.19. The molecule has 0 bridgehead atoms. The number of likely N-dealkylation sites (tertiary alicyclic amines) is 1.